The van der Waals surface area contributed by atoms with E-state index in [-0.39, 0.29) is 18.1 Å². The Bertz CT molecular complexity index is 987. The first-order chi connectivity index (χ1) is 17.4. The smallest absolute Gasteiger partial charge is 0.226 e. The third-order valence-corrected chi connectivity index (χ3v) is 6.66. The zero-order valence-electron chi connectivity index (χ0n) is 21.2. The largest absolute Gasteiger partial charge is 0.381 e. The molecule has 0 atom stereocenters. The van der Waals surface area contributed by atoms with Crippen LogP contribution in [-0.4, -0.2) is 61.6 Å². The summed E-state index contributed by atoms with van der Waals surface area (Å²) in [6.45, 7) is 12.3. The molecule has 1 aliphatic heterocycles. The van der Waals surface area contributed by atoms with Gasteiger partial charge >= 0.3 is 0 Å². The predicted molar refractivity (Wildman–Crippen MR) is 142 cm³/mol. The van der Waals surface area contributed by atoms with Crippen LogP contribution in [0.25, 0.3) is 5.70 Å². The van der Waals surface area contributed by atoms with Crippen LogP contribution in [0.1, 0.15) is 43.0 Å². The molecule has 0 bridgehead atoms. The van der Waals surface area contributed by atoms with Crippen LogP contribution in [0.15, 0.2) is 41.3 Å². The second-order valence-electron chi connectivity index (χ2n) is 9.32. The van der Waals surface area contributed by atoms with Gasteiger partial charge in [0.1, 0.15) is 5.82 Å². The van der Waals surface area contributed by atoms with Gasteiger partial charge in [0.05, 0.1) is 36.0 Å². The van der Waals surface area contributed by atoms with Gasteiger partial charge < -0.3 is 14.8 Å². The minimum Gasteiger partial charge on any atom is -0.381 e. The molecule has 196 valence electrons. The molecule has 2 aromatic rings. The monoisotopic (exact) mass is 516 g/mol. The van der Waals surface area contributed by atoms with Crippen LogP contribution in [0, 0.1) is 17.7 Å². The summed E-state index contributed by atoms with van der Waals surface area (Å²) in [7, 11) is 0. The lowest BCUT2D eigenvalue weighted by Gasteiger charge is -2.22. The van der Waals surface area contributed by atoms with Gasteiger partial charge in [0.15, 0.2) is 0 Å². The van der Waals surface area contributed by atoms with Gasteiger partial charge in [-0.3, -0.25) is 9.80 Å². The molecule has 1 saturated heterocycles. The van der Waals surface area contributed by atoms with Crippen molar-refractivity contribution in [2.45, 2.75) is 39.5 Å². The number of aromatic nitrogens is 1. The van der Waals surface area contributed by atoms with Crippen molar-refractivity contribution in [3.63, 3.8) is 0 Å². The number of nitrogens with zero attached hydrogens (tertiary/aromatic N) is 3. The molecule has 0 radical (unpaired) electrons. The highest BCUT2D eigenvalue weighted by atomic mass is 32.1. The molecule has 0 unspecified atom stereocenters. The van der Waals surface area contributed by atoms with E-state index in [9.17, 15) is 9.18 Å². The molecular weight excluding hydrogens is 479 g/mol. The van der Waals surface area contributed by atoms with Crippen LogP contribution >= 0.6 is 11.3 Å². The molecule has 36 heavy (non-hydrogen) atoms. The Labute approximate surface area is 217 Å². The van der Waals surface area contributed by atoms with Crippen molar-refractivity contribution in [1.29, 1.82) is 0 Å². The topological polar surface area (TPSA) is 76.0 Å². The van der Waals surface area contributed by atoms with E-state index >= 15 is 0 Å². The Kier molecular flexibility index (Phi) is 11.5. The van der Waals surface area contributed by atoms with Crippen LogP contribution < -0.4 is 5.32 Å². The zero-order chi connectivity index (χ0) is 25.8. The lowest BCUT2D eigenvalue weighted by Crippen LogP contribution is -2.33. The van der Waals surface area contributed by atoms with Crippen LogP contribution in [0.3, 0.4) is 0 Å². The molecule has 2 heterocycles. The van der Waals surface area contributed by atoms with E-state index in [0.29, 0.717) is 50.3 Å². The zero-order valence-corrected chi connectivity index (χ0v) is 22.1. The highest BCUT2D eigenvalue weighted by molar-refractivity contribution is 7.09. The predicted octanol–water partition coefficient (Wildman–Crippen LogP) is 4.54. The van der Waals surface area contributed by atoms with E-state index in [1.807, 2.05) is 5.38 Å². The second kappa shape index (κ2) is 14.8. The van der Waals surface area contributed by atoms with Crippen LogP contribution in [0.5, 0.6) is 0 Å². The number of hydrazone groups is 1. The first-order valence-corrected chi connectivity index (χ1v) is 13.4. The SMILES string of the molecule is C=C(c1ccc(F)cc1)N(CCOCC(C)C)/N=C\Cc1nc(CC(=O)NCC2CCOCC2)cs1. The van der Waals surface area contributed by atoms with E-state index in [0.717, 1.165) is 42.3 Å². The van der Waals surface area contributed by atoms with E-state index in [4.69, 9.17) is 9.47 Å². The van der Waals surface area contributed by atoms with Gasteiger partial charge in [-0.05, 0) is 54.5 Å². The Morgan fingerprint density at radius 1 is 1.36 bits per heavy atom. The van der Waals surface area contributed by atoms with Crippen LogP contribution in [-0.2, 0) is 27.1 Å². The first-order valence-electron chi connectivity index (χ1n) is 12.5. The van der Waals surface area contributed by atoms with Crippen molar-refractivity contribution in [3.05, 3.63) is 58.3 Å². The molecule has 1 aromatic carbocycles. The summed E-state index contributed by atoms with van der Waals surface area (Å²) in [5.74, 6) is 0.646. The van der Waals surface area contributed by atoms with E-state index in [1.165, 1.54) is 23.5 Å². The van der Waals surface area contributed by atoms with Crippen molar-refractivity contribution in [2.24, 2.45) is 16.9 Å². The summed E-state index contributed by atoms with van der Waals surface area (Å²) >= 11 is 1.51. The molecule has 0 saturated carbocycles. The van der Waals surface area contributed by atoms with Gasteiger partial charge in [-0.15, -0.1) is 11.3 Å². The standard InChI is InChI=1S/C27H37FN4O3S/c1-20(2)18-35-15-12-32(21(3)23-4-6-24(28)7-5-23)30-11-8-27-31-25(19-36-27)16-26(33)29-17-22-9-13-34-14-10-22/h4-7,11,19-20,22H,3,8-10,12-18H2,1-2H3,(H,29,33)/b30-11-. The van der Waals surface area contributed by atoms with Crippen molar-refractivity contribution in [2.75, 3.05) is 39.5 Å². The van der Waals surface area contributed by atoms with Crippen LogP contribution in [0.2, 0.25) is 0 Å². The number of thiazole rings is 1. The number of hydrogen-bond donors (Lipinski definition) is 1. The fourth-order valence-electron chi connectivity index (χ4n) is 3.70. The molecule has 1 aliphatic rings. The average Bonchev–Trinajstić information content (AvgIpc) is 3.31. The molecule has 1 N–H and O–H groups in total. The number of carbonyl (C=O) groups is 1. The number of benzene rings is 1. The lowest BCUT2D eigenvalue weighted by atomic mass is 10.0. The quantitative estimate of drug-likeness (QED) is 0.227. The summed E-state index contributed by atoms with van der Waals surface area (Å²) in [4.78, 5) is 16.9. The van der Waals surface area contributed by atoms with Gasteiger partial charge in [-0.2, -0.15) is 5.10 Å². The Morgan fingerprint density at radius 3 is 2.83 bits per heavy atom. The minimum absolute atomic E-state index is 0.00446. The summed E-state index contributed by atoms with van der Waals surface area (Å²) < 4.78 is 24.4. The third-order valence-electron chi connectivity index (χ3n) is 5.74. The summed E-state index contributed by atoms with van der Waals surface area (Å²) in [6, 6.07) is 6.20. The van der Waals surface area contributed by atoms with Gasteiger partial charge in [-0.25, -0.2) is 9.37 Å². The normalized spacial score (nSPS) is 14.4. The Morgan fingerprint density at radius 2 is 2.11 bits per heavy atom. The number of nitrogens with one attached hydrogen (secondary N) is 1. The molecule has 1 aromatic heterocycles. The van der Waals surface area contributed by atoms with Crippen molar-refractivity contribution >= 4 is 29.2 Å². The average molecular weight is 517 g/mol. The maximum Gasteiger partial charge on any atom is 0.226 e. The number of halogens is 1. The molecular formula is C27H37FN4O3S. The maximum atomic E-state index is 13.3. The number of hydrogen-bond acceptors (Lipinski definition) is 7. The number of ether oxygens (including phenoxy) is 2. The minimum atomic E-state index is -0.293. The first kappa shape index (κ1) is 28.0. The maximum absolute atomic E-state index is 13.3. The number of rotatable bonds is 14. The fraction of sp³-hybridized carbons (Fsp3) is 0.519. The molecule has 1 amide bonds. The van der Waals surface area contributed by atoms with Crippen LogP contribution in [0.4, 0.5) is 4.39 Å². The molecule has 9 heteroatoms. The van der Waals surface area contributed by atoms with Crippen molar-refractivity contribution in [1.82, 2.24) is 15.3 Å². The third kappa shape index (κ3) is 9.79. The lowest BCUT2D eigenvalue weighted by molar-refractivity contribution is -0.120. The fourth-order valence-corrected chi connectivity index (χ4v) is 4.45. The summed E-state index contributed by atoms with van der Waals surface area (Å²) in [5, 5.41) is 12.2. The molecule has 0 spiro atoms. The van der Waals surface area contributed by atoms with E-state index in [2.05, 4.69) is 35.8 Å². The number of amides is 1. The molecule has 3 rings (SSSR count). The van der Waals surface area contributed by atoms with E-state index in [1.54, 1.807) is 23.4 Å². The Balaban J connectivity index is 1.51. The molecule has 1 fully saturated rings. The summed E-state index contributed by atoms with van der Waals surface area (Å²) in [5.41, 5.74) is 2.23. The second-order valence-corrected chi connectivity index (χ2v) is 10.3. The van der Waals surface area contributed by atoms with Crippen molar-refractivity contribution in [3.8, 4) is 0 Å². The van der Waals surface area contributed by atoms with Gasteiger partial charge in [0.25, 0.3) is 0 Å². The van der Waals surface area contributed by atoms with E-state index < -0.39 is 0 Å². The van der Waals surface area contributed by atoms with Crippen molar-refractivity contribution < 1.29 is 18.7 Å². The molecule has 0 aliphatic carbocycles. The Hall–Kier alpha value is -2.62. The van der Waals surface area contributed by atoms with Gasteiger partial charge in [0.2, 0.25) is 5.91 Å². The van der Waals surface area contributed by atoms with Gasteiger partial charge in [0, 0.05) is 44.4 Å². The van der Waals surface area contributed by atoms with Gasteiger partial charge in [-0.1, -0.05) is 20.4 Å². The highest BCUT2D eigenvalue weighted by Gasteiger charge is 2.15. The summed E-state index contributed by atoms with van der Waals surface area (Å²) in [6.07, 6.45) is 4.58. The number of carbonyl (C=O) groups excluding carboxylic acids is 1. The molecule has 7 nitrogen and oxygen atoms in total. The highest BCUT2D eigenvalue weighted by Crippen LogP contribution is 2.19.